The second-order valence-electron chi connectivity index (χ2n) is 2.97. The van der Waals surface area contributed by atoms with Gasteiger partial charge in [0.15, 0.2) is 0 Å². The van der Waals surface area contributed by atoms with Gasteiger partial charge in [0.1, 0.15) is 11.6 Å². The molecule has 1 rings (SSSR count). The summed E-state index contributed by atoms with van der Waals surface area (Å²) in [5.74, 6) is 1.24. The van der Waals surface area contributed by atoms with Gasteiger partial charge in [0.25, 0.3) is 0 Å². The third-order valence-electron chi connectivity index (χ3n) is 1.86. The Morgan fingerprint density at radius 3 is 2.38 bits per heavy atom. The monoisotopic (exact) mass is 180 g/mol. The van der Waals surface area contributed by atoms with Gasteiger partial charge in [-0.1, -0.05) is 13.0 Å². The molecule has 0 spiro atoms. The maximum atomic E-state index is 13.0. The average molecular weight is 180 g/mol. The fourth-order valence-electron chi connectivity index (χ4n) is 1.09. The molecule has 1 atom stereocenters. The molecular formula is C11H10F2. The summed E-state index contributed by atoms with van der Waals surface area (Å²) in [6.45, 7) is 1.76. The van der Waals surface area contributed by atoms with Gasteiger partial charge >= 0.3 is 0 Å². The molecule has 0 amide bonds. The Bertz CT molecular complexity index is 316. The van der Waals surface area contributed by atoms with Crippen LogP contribution in [0.25, 0.3) is 0 Å². The van der Waals surface area contributed by atoms with Crippen LogP contribution in [0.2, 0.25) is 0 Å². The molecule has 68 valence electrons. The van der Waals surface area contributed by atoms with Crippen molar-refractivity contribution in [1.82, 2.24) is 0 Å². The number of hydrogen-bond donors (Lipinski definition) is 0. The Morgan fingerprint density at radius 2 is 1.92 bits per heavy atom. The van der Waals surface area contributed by atoms with Crippen molar-refractivity contribution in [3.8, 4) is 12.3 Å². The summed E-state index contributed by atoms with van der Waals surface area (Å²) in [4.78, 5) is 0. The molecule has 1 aromatic carbocycles. The number of halogens is 2. The lowest BCUT2D eigenvalue weighted by Gasteiger charge is -2.06. The van der Waals surface area contributed by atoms with Gasteiger partial charge in [-0.25, -0.2) is 8.78 Å². The fourth-order valence-corrected chi connectivity index (χ4v) is 1.09. The summed E-state index contributed by atoms with van der Waals surface area (Å²) < 4.78 is 26.1. The first-order valence-corrected chi connectivity index (χ1v) is 4.04. The summed E-state index contributed by atoms with van der Waals surface area (Å²) in [6, 6.07) is 3.82. The Labute approximate surface area is 76.6 Å². The number of hydrogen-bond acceptors (Lipinski definition) is 0. The molecule has 0 aromatic heterocycles. The predicted molar refractivity (Wildman–Crippen MR) is 48.1 cm³/mol. The summed E-state index contributed by atoms with van der Waals surface area (Å²) in [5.41, 5.74) is 0.0768. The van der Waals surface area contributed by atoms with Crippen molar-refractivity contribution in [1.29, 1.82) is 0 Å². The summed E-state index contributed by atoms with van der Waals surface area (Å²) in [6.07, 6.45) is 5.37. The molecule has 0 aliphatic rings. The fraction of sp³-hybridized carbons (Fsp3) is 0.273. The van der Waals surface area contributed by atoms with Crippen molar-refractivity contribution in [2.24, 2.45) is 5.92 Å². The van der Waals surface area contributed by atoms with E-state index < -0.39 is 11.6 Å². The van der Waals surface area contributed by atoms with Crippen LogP contribution in [-0.2, 0) is 6.42 Å². The van der Waals surface area contributed by atoms with E-state index in [9.17, 15) is 8.78 Å². The largest absolute Gasteiger partial charge is 0.207 e. The van der Waals surface area contributed by atoms with Gasteiger partial charge in [-0.15, -0.1) is 12.3 Å². The molecule has 0 bridgehead atoms. The van der Waals surface area contributed by atoms with E-state index in [2.05, 4.69) is 5.92 Å². The van der Waals surface area contributed by atoms with Crippen LogP contribution in [0.4, 0.5) is 8.78 Å². The second kappa shape index (κ2) is 4.04. The van der Waals surface area contributed by atoms with E-state index in [1.165, 1.54) is 18.2 Å². The van der Waals surface area contributed by atoms with E-state index in [-0.39, 0.29) is 17.9 Å². The van der Waals surface area contributed by atoms with Gasteiger partial charge < -0.3 is 0 Å². The van der Waals surface area contributed by atoms with Crippen LogP contribution in [0.15, 0.2) is 18.2 Å². The zero-order chi connectivity index (χ0) is 9.84. The van der Waals surface area contributed by atoms with Crippen molar-refractivity contribution in [3.63, 3.8) is 0 Å². The van der Waals surface area contributed by atoms with Crippen LogP contribution in [0, 0.1) is 29.9 Å². The molecule has 1 aromatic rings. The molecule has 0 radical (unpaired) electrons. The van der Waals surface area contributed by atoms with Crippen LogP contribution < -0.4 is 0 Å². The van der Waals surface area contributed by atoms with E-state index in [4.69, 9.17) is 6.42 Å². The third-order valence-corrected chi connectivity index (χ3v) is 1.86. The van der Waals surface area contributed by atoms with Gasteiger partial charge in [-0.05, 0) is 18.6 Å². The normalized spacial score (nSPS) is 12.2. The summed E-state index contributed by atoms with van der Waals surface area (Å²) in [7, 11) is 0. The topological polar surface area (TPSA) is 0 Å². The van der Waals surface area contributed by atoms with Crippen LogP contribution >= 0.6 is 0 Å². The van der Waals surface area contributed by atoms with Gasteiger partial charge in [0.2, 0.25) is 0 Å². The zero-order valence-electron chi connectivity index (χ0n) is 7.35. The van der Waals surface area contributed by atoms with E-state index in [0.29, 0.717) is 0 Å². The highest BCUT2D eigenvalue weighted by atomic mass is 19.1. The lowest BCUT2D eigenvalue weighted by molar-refractivity contribution is 0.541. The maximum absolute atomic E-state index is 13.0. The molecule has 2 heteroatoms. The van der Waals surface area contributed by atoms with Gasteiger partial charge in [0.05, 0.1) is 0 Å². The third kappa shape index (κ3) is 2.29. The van der Waals surface area contributed by atoms with Gasteiger partial charge in [0, 0.05) is 11.5 Å². The smallest absolute Gasteiger partial charge is 0.129 e. The molecular weight excluding hydrogens is 170 g/mol. The standard InChI is InChI=1S/C11H10F2/c1-3-8(2)7-9-10(12)5-4-6-11(9)13/h1,4-6,8H,7H2,2H3. The molecule has 0 N–H and O–H groups in total. The van der Waals surface area contributed by atoms with Crippen molar-refractivity contribution in [2.75, 3.05) is 0 Å². The molecule has 0 nitrogen and oxygen atoms in total. The molecule has 0 saturated heterocycles. The van der Waals surface area contributed by atoms with E-state index in [0.717, 1.165) is 0 Å². The highest BCUT2D eigenvalue weighted by molar-refractivity contribution is 5.21. The summed E-state index contributed by atoms with van der Waals surface area (Å²) >= 11 is 0. The van der Waals surface area contributed by atoms with Crippen LogP contribution in [-0.4, -0.2) is 0 Å². The number of terminal acetylenes is 1. The lowest BCUT2D eigenvalue weighted by atomic mass is 10.0. The number of rotatable bonds is 2. The van der Waals surface area contributed by atoms with Crippen molar-refractivity contribution in [2.45, 2.75) is 13.3 Å². The first-order valence-electron chi connectivity index (χ1n) is 4.04. The minimum Gasteiger partial charge on any atom is -0.207 e. The highest BCUT2D eigenvalue weighted by Crippen LogP contribution is 2.15. The quantitative estimate of drug-likeness (QED) is 0.614. The first-order chi connectivity index (χ1) is 6.15. The minimum absolute atomic E-state index is 0.0768. The lowest BCUT2D eigenvalue weighted by Crippen LogP contribution is -2.02. The second-order valence-corrected chi connectivity index (χ2v) is 2.97. The maximum Gasteiger partial charge on any atom is 0.129 e. The molecule has 0 heterocycles. The Kier molecular flexibility index (Phi) is 3.02. The number of benzene rings is 1. The minimum atomic E-state index is -0.526. The van der Waals surface area contributed by atoms with E-state index >= 15 is 0 Å². The molecule has 0 aliphatic carbocycles. The molecule has 13 heavy (non-hydrogen) atoms. The highest BCUT2D eigenvalue weighted by Gasteiger charge is 2.10. The first kappa shape index (κ1) is 9.73. The Hall–Kier alpha value is -1.36. The van der Waals surface area contributed by atoms with E-state index in [1.54, 1.807) is 6.92 Å². The Morgan fingerprint density at radius 1 is 1.38 bits per heavy atom. The zero-order valence-corrected chi connectivity index (χ0v) is 7.35. The Balaban J connectivity index is 2.95. The van der Waals surface area contributed by atoms with Gasteiger partial charge in [-0.2, -0.15) is 0 Å². The van der Waals surface area contributed by atoms with Crippen LogP contribution in [0.5, 0.6) is 0 Å². The predicted octanol–water partition coefficient (Wildman–Crippen LogP) is 2.78. The van der Waals surface area contributed by atoms with Gasteiger partial charge in [-0.3, -0.25) is 0 Å². The van der Waals surface area contributed by atoms with E-state index in [1.807, 2.05) is 0 Å². The molecule has 0 fully saturated rings. The SMILES string of the molecule is C#CC(C)Cc1c(F)cccc1F. The molecule has 0 aliphatic heterocycles. The van der Waals surface area contributed by atoms with Crippen molar-refractivity contribution < 1.29 is 8.78 Å². The van der Waals surface area contributed by atoms with Crippen molar-refractivity contribution in [3.05, 3.63) is 35.4 Å². The van der Waals surface area contributed by atoms with Crippen LogP contribution in [0.1, 0.15) is 12.5 Å². The molecule has 0 saturated carbocycles. The summed E-state index contributed by atoms with van der Waals surface area (Å²) in [5, 5.41) is 0. The average Bonchev–Trinajstić information content (AvgIpc) is 2.11. The molecule has 1 unspecified atom stereocenters. The van der Waals surface area contributed by atoms with Crippen molar-refractivity contribution >= 4 is 0 Å². The van der Waals surface area contributed by atoms with Crippen LogP contribution in [0.3, 0.4) is 0 Å².